The zero-order valence-corrected chi connectivity index (χ0v) is 41.1. The van der Waals surface area contributed by atoms with E-state index in [1.165, 1.54) is 167 Å². The van der Waals surface area contributed by atoms with E-state index in [0.29, 0.717) is 17.4 Å². The van der Waals surface area contributed by atoms with Crippen molar-refractivity contribution in [3.05, 3.63) is 36.5 Å². The van der Waals surface area contributed by atoms with Gasteiger partial charge in [-0.2, -0.15) is 0 Å². The largest absolute Gasteiger partial charge is 0.472 e. The molecule has 3 atom stereocenters. The van der Waals surface area contributed by atoms with Crippen molar-refractivity contribution < 1.29 is 32.9 Å². The van der Waals surface area contributed by atoms with Crippen molar-refractivity contribution in [3.8, 4) is 0 Å². The van der Waals surface area contributed by atoms with Crippen LogP contribution in [0.5, 0.6) is 0 Å². The molecule has 0 aromatic heterocycles. The number of carbonyl (C=O) groups excluding carboxylic acids is 1. The van der Waals surface area contributed by atoms with Crippen LogP contribution in [-0.2, 0) is 18.4 Å². The van der Waals surface area contributed by atoms with Gasteiger partial charge in [0.2, 0.25) is 5.91 Å². The fourth-order valence-electron chi connectivity index (χ4n) is 7.31. The number of nitrogens with zero attached hydrogens (tertiary/aromatic N) is 1. The van der Waals surface area contributed by atoms with E-state index in [1.807, 2.05) is 27.2 Å². The van der Waals surface area contributed by atoms with Gasteiger partial charge in [-0.1, -0.05) is 217 Å². The van der Waals surface area contributed by atoms with Gasteiger partial charge < -0.3 is 19.8 Å². The Morgan fingerprint density at radius 3 is 1.33 bits per heavy atom. The molecule has 0 aliphatic carbocycles. The average Bonchev–Trinajstić information content (AvgIpc) is 3.20. The van der Waals surface area contributed by atoms with E-state index in [1.54, 1.807) is 6.08 Å². The molecule has 0 heterocycles. The second kappa shape index (κ2) is 43.0. The first-order chi connectivity index (χ1) is 29.0. The van der Waals surface area contributed by atoms with Crippen LogP contribution < -0.4 is 5.32 Å². The Labute approximate surface area is 372 Å². The third-order valence-corrected chi connectivity index (χ3v) is 12.3. The maximum Gasteiger partial charge on any atom is 0.472 e. The van der Waals surface area contributed by atoms with Gasteiger partial charge in [-0.25, -0.2) is 4.57 Å². The molecule has 0 saturated carbocycles. The summed E-state index contributed by atoms with van der Waals surface area (Å²) in [7, 11) is 1.55. The maximum absolute atomic E-state index is 12.9. The number of allylic oxidation sites excluding steroid dienone is 5. The minimum Gasteiger partial charge on any atom is -0.387 e. The molecule has 0 bridgehead atoms. The first-order valence-corrected chi connectivity index (χ1v) is 26.9. The number of nitrogens with one attached hydrogen (secondary N) is 1. The van der Waals surface area contributed by atoms with Gasteiger partial charge in [0.1, 0.15) is 13.2 Å². The number of unbranched alkanes of at least 4 members (excludes halogenated alkanes) is 29. The van der Waals surface area contributed by atoms with E-state index in [9.17, 15) is 19.4 Å². The van der Waals surface area contributed by atoms with Crippen LogP contribution in [0.15, 0.2) is 36.5 Å². The SMILES string of the molecule is CCCCCCCCCCCCCCCCCC/C=C/CC/C=C/CC/C=C/C(O)C(COP(=O)(O)OCC[N+](C)(C)C)NC(=O)CCCCCCCCCCCCCC. The molecule has 0 radical (unpaired) electrons. The number of aliphatic hydroxyl groups is 1. The highest BCUT2D eigenvalue weighted by molar-refractivity contribution is 7.47. The quantitative estimate of drug-likeness (QED) is 0.0244. The lowest BCUT2D eigenvalue weighted by atomic mass is 10.0. The Balaban J connectivity index is 4.30. The lowest BCUT2D eigenvalue weighted by Crippen LogP contribution is -2.45. The Kier molecular flexibility index (Phi) is 42.1. The van der Waals surface area contributed by atoms with E-state index in [4.69, 9.17) is 9.05 Å². The average molecular weight is 868 g/mol. The van der Waals surface area contributed by atoms with Crippen LogP contribution >= 0.6 is 7.82 Å². The number of hydrogen-bond donors (Lipinski definition) is 3. The summed E-state index contributed by atoms with van der Waals surface area (Å²) < 4.78 is 23.6. The van der Waals surface area contributed by atoms with Crippen molar-refractivity contribution in [1.29, 1.82) is 0 Å². The van der Waals surface area contributed by atoms with Crippen molar-refractivity contribution in [2.24, 2.45) is 0 Å². The fourth-order valence-corrected chi connectivity index (χ4v) is 8.05. The van der Waals surface area contributed by atoms with Gasteiger partial charge in [-0.15, -0.1) is 0 Å². The van der Waals surface area contributed by atoms with Crippen molar-refractivity contribution in [2.75, 3.05) is 40.9 Å². The molecule has 354 valence electrons. The number of rotatable bonds is 46. The molecule has 3 unspecified atom stereocenters. The van der Waals surface area contributed by atoms with Crippen molar-refractivity contribution in [2.45, 2.75) is 244 Å². The molecule has 0 rings (SSSR count). The highest BCUT2D eigenvalue weighted by atomic mass is 31.2. The number of phosphoric acid groups is 1. The summed E-state index contributed by atoms with van der Waals surface area (Å²) in [5.74, 6) is -0.191. The molecule has 0 spiro atoms. The molecule has 60 heavy (non-hydrogen) atoms. The van der Waals surface area contributed by atoms with Crippen molar-refractivity contribution in [1.82, 2.24) is 5.32 Å². The molecular formula is C51H100N2O6P+. The maximum atomic E-state index is 12.9. The van der Waals surface area contributed by atoms with Gasteiger partial charge in [-0.3, -0.25) is 13.8 Å². The smallest absolute Gasteiger partial charge is 0.387 e. The third-order valence-electron chi connectivity index (χ3n) is 11.3. The van der Waals surface area contributed by atoms with Crippen LogP contribution in [0.2, 0.25) is 0 Å². The van der Waals surface area contributed by atoms with Crippen molar-refractivity contribution in [3.63, 3.8) is 0 Å². The number of amides is 1. The highest BCUT2D eigenvalue weighted by Crippen LogP contribution is 2.43. The lowest BCUT2D eigenvalue weighted by Gasteiger charge is -2.25. The summed E-state index contributed by atoms with van der Waals surface area (Å²) in [5.41, 5.74) is 0. The van der Waals surface area contributed by atoms with Crippen LogP contribution in [0, 0.1) is 0 Å². The summed E-state index contributed by atoms with van der Waals surface area (Å²) in [4.78, 5) is 23.1. The minimum absolute atomic E-state index is 0.0547. The van der Waals surface area contributed by atoms with Gasteiger partial charge in [-0.05, 0) is 44.9 Å². The monoisotopic (exact) mass is 868 g/mol. The lowest BCUT2D eigenvalue weighted by molar-refractivity contribution is -0.870. The molecule has 0 saturated heterocycles. The van der Waals surface area contributed by atoms with Gasteiger partial charge in [0.15, 0.2) is 0 Å². The zero-order chi connectivity index (χ0) is 44.3. The van der Waals surface area contributed by atoms with E-state index >= 15 is 0 Å². The zero-order valence-electron chi connectivity index (χ0n) is 40.2. The molecule has 8 nitrogen and oxygen atoms in total. The third kappa shape index (κ3) is 44.8. The first kappa shape index (κ1) is 58.7. The van der Waals surface area contributed by atoms with Crippen LogP contribution in [0.25, 0.3) is 0 Å². The minimum atomic E-state index is -4.35. The van der Waals surface area contributed by atoms with Crippen molar-refractivity contribution >= 4 is 13.7 Å². The second-order valence-corrected chi connectivity index (χ2v) is 20.0. The standard InChI is InChI=1S/C51H99N2O6P/c1-6-8-10-12-14-16-18-20-21-22-23-24-25-26-27-28-29-30-31-32-33-34-36-38-40-42-44-50(54)49(48-59-60(56,57)58-47-46-53(3,4)5)52-51(55)45-43-41-39-37-35-19-17-15-13-11-9-7-2/h30-31,34,36,42,44,49-50,54H,6-29,32-33,35,37-41,43,45-48H2,1-5H3,(H-,52,55,56,57)/p+1/b31-30+,36-34+,44-42+. The van der Waals surface area contributed by atoms with Gasteiger partial charge in [0.05, 0.1) is 39.9 Å². The predicted octanol–water partition coefficient (Wildman–Crippen LogP) is 14.6. The van der Waals surface area contributed by atoms with Gasteiger partial charge in [0, 0.05) is 6.42 Å². The molecule has 3 N–H and O–H groups in total. The predicted molar refractivity (Wildman–Crippen MR) is 258 cm³/mol. The number of hydrogen-bond acceptors (Lipinski definition) is 5. The van der Waals surface area contributed by atoms with Gasteiger partial charge >= 0.3 is 7.82 Å². The summed E-state index contributed by atoms with van der Waals surface area (Å²) in [5, 5.41) is 13.8. The second-order valence-electron chi connectivity index (χ2n) is 18.5. The van der Waals surface area contributed by atoms with E-state index < -0.39 is 20.0 Å². The van der Waals surface area contributed by atoms with Crippen LogP contribution in [0.3, 0.4) is 0 Å². The summed E-state index contributed by atoms with van der Waals surface area (Å²) in [6.07, 6.45) is 53.8. The van der Waals surface area contributed by atoms with Crippen LogP contribution in [0.4, 0.5) is 0 Å². The molecule has 0 aliphatic rings. The highest BCUT2D eigenvalue weighted by Gasteiger charge is 2.27. The van der Waals surface area contributed by atoms with E-state index in [-0.39, 0.29) is 19.1 Å². The molecule has 0 aromatic rings. The van der Waals surface area contributed by atoms with E-state index in [2.05, 4.69) is 43.5 Å². The Morgan fingerprint density at radius 1 is 0.550 bits per heavy atom. The topological polar surface area (TPSA) is 105 Å². The number of likely N-dealkylation sites (N-methyl/N-ethyl adjacent to an activating group) is 1. The van der Waals surface area contributed by atoms with E-state index in [0.717, 1.165) is 44.9 Å². The normalized spacial score (nSPS) is 14.4. The first-order valence-electron chi connectivity index (χ1n) is 25.4. The number of aliphatic hydroxyl groups excluding tert-OH is 1. The molecular weight excluding hydrogens is 768 g/mol. The number of quaternary nitrogens is 1. The summed E-state index contributed by atoms with van der Waals surface area (Å²) in [6.45, 7) is 4.79. The Hall–Kier alpha value is -1.28. The van der Waals surface area contributed by atoms with Crippen LogP contribution in [-0.4, -0.2) is 73.4 Å². The molecule has 0 aromatic carbocycles. The number of carbonyl (C=O) groups is 1. The number of phosphoric ester groups is 1. The summed E-state index contributed by atoms with van der Waals surface area (Å²) >= 11 is 0. The Morgan fingerprint density at radius 2 is 0.917 bits per heavy atom. The molecule has 9 heteroatoms. The van der Waals surface area contributed by atoms with Crippen LogP contribution in [0.1, 0.15) is 232 Å². The molecule has 1 amide bonds. The van der Waals surface area contributed by atoms with Gasteiger partial charge in [0.25, 0.3) is 0 Å². The Bertz CT molecular complexity index is 1070. The molecule has 0 fully saturated rings. The summed E-state index contributed by atoms with van der Waals surface area (Å²) in [6, 6.07) is -0.866. The molecule has 0 aliphatic heterocycles. The fraction of sp³-hybridized carbons (Fsp3) is 0.863.